The van der Waals surface area contributed by atoms with Gasteiger partial charge in [0, 0.05) is 31.9 Å². The third kappa shape index (κ3) is 5.43. The summed E-state index contributed by atoms with van der Waals surface area (Å²) in [6, 6.07) is 21.9. The monoisotopic (exact) mass is 495 g/mol. The van der Waals surface area contributed by atoms with E-state index in [0.717, 1.165) is 60.4 Å². The number of piperidine rings is 1. The Bertz CT molecular complexity index is 1490. The molecule has 0 atom stereocenters. The van der Waals surface area contributed by atoms with Crippen molar-refractivity contribution in [1.29, 1.82) is 5.26 Å². The summed E-state index contributed by atoms with van der Waals surface area (Å²) in [6.45, 7) is 6.54. The molecule has 3 heterocycles. The van der Waals surface area contributed by atoms with E-state index in [4.69, 9.17) is 10.7 Å². The maximum atomic E-state index is 10.6. The highest BCUT2D eigenvalue weighted by molar-refractivity contribution is 5.76. The van der Waals surface area contributed by atoms with E-state index in [1.807, 2.05) is 49.4 Å². The van der Waals surface area contributed by atoms with E-state index in [0.29, 0.717) is 30.9 Å². The molecule has 2 aromatic heterocycles. The van der Waals surface area contributed by atoms with Crippen LogP contribution in [0, 0.1) is 18.3 Å². The molecule has 1 fully saturated rings. The number of rotatable bonds is 7. The summed E-state index contributed by atoms with van der Waals surface area (Å²) in [5, 5.41) is 19.8. The number of hydrogen-bond acceptors (Lipinski definition) is 6. The zero-order chi connectivity index (χ0) is 25.8. The number of nitrogens with zero attached hydrogens (tertiary/aromatic N) is 6. The van der Waals surface area contributed by atoms with Crippen LogP contribution in [-0.4, -0.2) is 56.3 Å². The molecule has 8 nitrogen and oxygen atoms in total. The van der Waals surface area contributed by atoms with Gasteiger partial charge in [-0.15, -0.1) is 0 Å². The first-order chi connectivity index (χ1) is 18.1. The number of imidazole rings is 1. The Balaban J connectivity index is 1.63. The molecule has 1 saturated heterocycles. The van der Waals surface area contributed by atoms with Gasteiger partial charge < -0.3 is 24.9 Å². The number of nitriles is 1. The van der Waals surface area contributed by atoms with Crippen LogP contribution in [0.5, 0.6) is 5.75 Å². The summed E-state index contributed by atoms with van der Waals surface area (Å²) < 4.78 is 4.42. The minimum absolute atomic E-state index is 0.183. The van der Waals surface area contributed by atoms with Crippen molar-refractivity contribution in [2.75, 3.05) is 26.2 Å². The van der Waals surface area contributed by atoms with Crippen LogP contribution in [-0.2, 0) is 13.1 Å². The molecule has 3 N–H and O–H groups in total. The van der Waals surface area contributed by atoms with Gasteiger partial charge in [-0.05, 0) is 61.7 Å². The summed E-state index contributed by atoms with van der Waals surface area (Å²) in [7, 11) is 0. The average molecular weight is 496 g/mol. The lowest BCUT2D eigenvalue weighted by atomic mass is 10.1. The molecule has 0 amide bonds. The maximum Gasteiger partial charge on any atom is 0.206 e. The van der Waals surface area contributed by atoms with Crippen LogP contribution in [0.1, 0.15) is 35.4 Å². The van der Waals surface area contributed by atoms with Crippen LogP contribution in [0.2, 0.25) is 0 Å². The summed E-state index contributed by atoms with van der Waals surface area (Å²) in [6.07, 6.45) is 1.96. The van der Waals surface area contributed by atoms with Crippen molar-refractivity contribution in [3.63, 3.8) is 0 Å². The summed E-state index contributed by atoms with van der Waals surface area (Å²) in [4.78, 5) is 12.4. The zero-order valence-electron chi connectivity index (χ0n) is 21.2. The fourth-order valence-electron chi connectivity index (χ4n) is 5.09. The maximum absolute atomic E-state index is 10.6. The lowest BCUT2D eigenvalue weighted by Crippen LogP contribution is -2.39. The Labute approximate surface area is 216 Å². The minimum atomic E-state index is 0.183. The number of likely N-dealkylation sites (tertiary alicyclic amines) is 1. The molecule has 0 saturated carbocycles. The van der Waals surface area contributed by atoms with Crippen LogP contribution in [0.3, 0.4) is 0 Å². The minimum Gasteiger partial charge on any atom is -0.506 e. The Morgan fingerprint density at radius 1 is 1.00 bits per heavy atom. The molecule has 1 aliphatic rings. The molecule has 8 heteroatoms. The number of nitrogens with two attached hydrogens (primary N) is 1. The third-order valence-electron chi connectivity index (χ3n) is 7.07. The van der Waals surface area contributed by atoms with Crippen molar-refractivity contribution in [3.8, 4) is 11.8 Å². The second-order valence-corrected chi connectivity index (χ2v) is 9.68. The molecule has 0 aliphatic carbocycles. The number of para-hydroxylation sites is 2. The van der Waals surface area contributed by atoms with Crippen molar-refractivity contribution >= 4 is 11.0 Å². The number of fused-ring (bicyclic) bond motifs is 1. The van der Waals surface area contributed by atoms with Gasteiger partial charge >= 0.3 is 0 Å². The van der Waals surface area contributed by atoms with Crippen molar-refractivity contribution in [2.45, 2.75) is 38.9 Å². The Morgan fingerprint density at radius 3 is 2.32 bits per heavy atom. The van der Waals surface area contributed by atoms with Gasteiger partial charge in [0.2, 0.25) is 5.62 Å². The van der Waals surface area contributed by atoms with E-state index in [9.17, 15) is 10.4 Å². The van der Waals surface area contributed by atoms with Gasteiger partial charge in [0.1, 0.15) is 11.4 Å². The van der Waals surface area contributed by atoms with Gasteiger partial charge in [-0.2, -0.15) is 5.26 Å². The highest BCUT2D eigenvalue weighted by Gasteiger charge is 2.20. The summed E-state index contributed by atoms with van der Waals surface area (Å²) in [5.41, 5.74) is 12.0. The highest BCUT2D eigenvalue weighted by Crippen LogP contribution is 2.21. The van der Waals surface area contributed by atoms with Crippen molar-refractivity contribution in [2.24, 2.45) is 10.7 Å². The fraction of sp³-hybridized carbons (Fsp3) is 0.345. The van der Waals surface area contributed by atoms with Crippen LogP contribution in [0.4, 0.5) is 0 Å². The molecule has 190 valence electrons. The molecule has 0 spiro atoms. The molecule has 4 aromatic rings. The number of benzene rings is 2. The first-order valence-corrected chi connectivity index (χ1v) is 12.8. The molecule has 0 unspecified atom stereocenters. The molecule has 5 rings (SSSR count). The van der Waals surface area contributed by atoms with Crippen LogP contribution in [0.25, 0.3) is 11.0 Å². The highest BCUT2D eigenvalue weighted by atomic mass is 16.3. The second kappa shape index (κ2) is 11.0. The lowest BCUT2D eigenvalue weighted by molar-refractivity contribution is 0.217. The number of pyridine rings is 1. The van der Waals surface area contributed by atoms with Crippen molar-refractivity contribution in [3.05, 3.63) is 88.8 Å². The van der Waals surface area contributed by atoms with Crippen LogP contribution in [0.15, 0.2) is 65.7 Å². The van der Waals surface area contributed by atoms with Crippen molar-refractivity contribution in [1.82, 2.24) is 19.0 Å². The van der Waals surface area contributed by atoms with Gasteiger partial charge in [-0.3, -0.25) is 4.98 Å². The molecular formula is C29H33N7O. The van der Waals surface area contributed by atoms with E-state index >= 15 is 0 Å². The first kappa shape index (κ1) is 24.8. The average Bonchev–Trinajstić information content (AvgIpc) is 3.20. The molecule has 1 aliphatic heterocycles. The molecule has 2 aromatic carbocycles. The standard InChI is InChI=1S/C29H33N7O/c1-21-6-11-28(37)25(32-21)20-36-27-5-3-2-4-26(27)35(19-23-9-7-22(18-31)8-10-23)29(36)33-24-12-15-34(16-13-24)17-14-30/h2-11,24,37H,12-17,19-20,30H2,1H3/b33-29+. The number of hydrogen-bond donors (Lipinski definition) is 2. The topological polar surface area (TPSA) is 108 Å². The summed E-state index contributed by atoms with van der Waals surface area (Å²) in [5.74, 6) is 0.183. The van der Waals surface area contributed by atoms with Gasteiger partial charge in [-0.1, -0.05) is 24.3 Å². The molecule has 0 radical (unpaired) electrons. The smallest absolute Gasteiger partial charge is 0.206 e. The fourth-order valence-corrected chi connectivity index (χ4v) is 5.09. The number of aryl methyl sites for hydroxylation is 1. The first-order valence-electron chi connectivity index (χ1n) is 12.8. The van der Waals surface area contributed by atoms with Gasteiger partial charge in [-0.25, -0.2) is 4.99 Å². The van der Waals surface area contributed by atoms with Gasteiger partial charge in [0.05, 0.1) is 41.8 Å². The summed E-state index contributed by atoms with van der Waals surface area (Å²) >= 11 is 0. The Kier molecular flexibility index (Phi) is 7.35. The number of aromatic nitrogens is 3. The van der Waals surface area contributed by atoms with Crippen LogP contribution >= 0.6 is 0 Å². The van der Waals surface area contributed by atoms with Crippen molar-refractivity contribution < 1.29 is 5.11 Å². The van der Waals surface area contributed by atoms with E-state index in [1.165, 1.54) is 0 Å². The third-order valence-corrected chi connectivity index (χ3v) is 7.07. The van der Waals surface area contributed by atoms with E-state index in [2.05, 4.69) is 37.2 Å². The normalized spacial score (nSPS) is 15.3. The van der Waals surface area contributed by atoms with Gasteiger partial charge in [0.15, 0.2) is 0 Å². The van der Waals surface area contributed by atoms with Gasteiger partial charge in [0.25, 0.3) is 0 Å². The predicted octanol–water partition coefficient (Wildman–Crippen LogP) is 3.14. The SMILES string of the molecule is Cc1ccc(O)c(Cn2/c(=N/C3CCN(CCN)CC3)n(Cc3ccc(C#N)cc3)c3ccccc32)n1. The van der Waals surface area contributed by atoms with Crippen LogP contribution < -0.4 is 11.4 Å². The molecule has 37 heavy (non-hydrogen) atoms. The Hall–Kier alpha value is -3.93. The predicted molar refractivity (Wildman–Crippen MR) is 144 cm³/mol. The quantitative estimate of drug-likeness (QED) is 0.410. The second-order valence-electron chi connectivity index (χ2n) is 9.68. The largest absolute Gasteiger partial charge is 0.506 e. The van der Waals surface area contributed by atoms with E-state index in [1.54, 1.807) is 6.07 Å². The number of aromatic hydroxyl groups is 1. The van der Waals surface area contributed by atoms with E-state index in [-0.39, 0.29) is 11.8 Å². The Morgan fingerprint density at radius 2 is 1.68 bits per heavy atom. The molecular weight excluding hydrogens is 462 g/mol. The molecule has 0 bridgehead atoms. The lowest BCUT2D eigenvalue weighted by Gasteiger charge is -2.29. The van der Waals surface area contributed by atoms with E-state index < -0.39 is 0 Å². The zero-order valence-corrected chi connectivity index (χ0v) is 21.2.